The Kier molecular flexibility index (Phi) is 11.5. The smallest absolute Gasteiger partial charge is 0.394 e. The molecule has 0 aliphatic rings. The number of para-hydroxylation sites is 1. The first-order chi connectivity index (χ1) is 7.02. The quantitative estimate of drug-likeness (QED) is 0.357. The Bertz CT molecular complexity index is 547. The third-order valence-electron chi connectivity index (χ3n) is 1.14. The van der Waals surface area contributed by atoms with Gasteiger partial charge in [0, 0.05) is 19.5 Å². The molecule has 0 fully saturated rings. The molecule has 0 heterocycles. The van der Waals surface area contributed by atoms with Gasteiger partial charge in [-0.1, -0.05) is 12.1 Å². The van der Waals surface area contributed by atoms with Crippen molar-refractivity contribution in [2.45, 2.75) is 4.90 Å². The number of phenolic OH excluding ortho intramolecular Hbond substituents is 1. The van der Waals surface area contributed by atoms with Crippen LogP contribution in [0.1, 0.15) is 0 Å². The Morgan fingerprint density at radius 2 is 1.22 bits per heavy atom. The number of hydrogen-bond donors (Lipinski definition) is 4. The van der Waals surface area contributed by atoms with Crippen molar-refractivity contribution in [1.82, 2.24) is 0 Å². The Hall–Kier alpha value is -0.0442. The van der Waals surface area contributed by atoms with Gasteiger partial charge in [-0.05, 0) is 12.1 Å². The molecule has 0 aliphatic carbocycles. The molecule has 0 atom stereocenters. The second-order valence-corrected chi connectivity index (χ2v) is 4.68. The van der Waals surface area contributed by atoms with Gasteiger partial charge in [0.25, 0.3) is 10.1 Å². The van der Waals surface area contributed by atoms with Gasteiger partial charge in [0.2, 0.25) is 0 Å². The molecule has 0 unspecified atom stereocenters. The third-order valence-corrected chi connectivity index (χ3v) is 2.04. The maximum Gasteiger partial charge on any atom is 0.394 e. The monoisotopic (exact) mass is 366 g/mol. The summed E-state index contributed by atoms with van der Waals surface area (Å²) in [7, 11) is -8.95. The van der Waals surface area contributed by atoms with E-state index < -0.39 is 31.2 Å². The summed E-state index contributed by atoms with van der Waals surface area (Å²) in [6, 6.07) is 5.17. The normalized spacial score (nSPS) is 10.2. The van der Waals surface area contributed by atoms with Crippen molar-refractivity contribution in [2.24, 2.45) is 0 Å². The summed E-state index contributed by atoms with van der Waals surface area (Å²) in [5.74, 6) is -0.449. The molecular weight excluding hydrogens is 357 g/mol. The van der Waals surface area contributed by atoms with Crippen molar-refractivity contribution >= 4 is 37.9 Å². The van der Waals surface area contributed by atoms with Crippen LogP contribution >= 0.6 is 0 Å². The molecule has 0 bridgehead atoms. The second kappa shape index (κ2) is 8.95. The van der Waals surface area contributed by atoms with Gasteiger partial charge >= 0.3 is 10.4 Å². The van der Waals surface area contributed by atoms with Crippen LogP contribution in [0.2, 0.25) is 0 Å². The number of hydrogen-bond acceptors (Lipinski definition) is 5. The average molecular weight is 368 g/mol. The molecule has 0 aliphatic heterocycles. The van der Waals surface area contributed by atoms with E-state index in [2.05, 4.69) is 0 Å². The third kappa shape index (κ3) is 12.4. The number of benzene rings is 1. The Morgan fingerprint density at radius 3 is 1.44 bits per heavy atom. The van der Waals surface area contributed by atoms with Crippen LogP contribution in [0.25, 0.3) is 0 Å². The van der Waals surface area contributed by atoms with Gasteiger partial charge in [-0.25, -0.2) is 0 Å². The molecule has 0 radical (unpaired) electrons. The zero-order chi connectivity index (χ0) is 13.0. The Labute approximate surface area is 127 Å². The molecule has 0 spiro atoms. The number of aromatic hydroxyl groups is 1. The minimum absolute atomic E-state index is 0. The number of rotatable bonds is 1. The largest absolute Gasteiger partial charge is 0.506 e. The van der Waals surface area contributed by atoms with Crippen LogP contribution in [0.15, 0.2) is 29.2 Å². The molecule has 1 aromatic rings. The first-order valence-corrected chi connectivity index (χ1v) is 6.31. The molecule has 0 aromatic heterocycles. The predicted molar refractivity (Wildman–Crippen MR) is 62.0 cm³/mol. The first kappa shape index (κ1) is 23.1. The molecule has 8 nitrogen and oxygen atoms in total. The summed E-state index contributed by atoms with van der Waals surface area (Å²) >= 11 is 0. The van der Waals surface area contributed by atoms with Crippen molar-refractivity contribution in [2.75, 3.05) is 0 Å². The van der Waals surface area contributed by atoms with Crippen molar-refractivity contribution in [1.29, 1.82) is 0 Å². The predicted octanol–water partition coefficient (Wildman–Crippen LogP) is -1.20. The summed E-state index contributed by atoms with van der Waals surface area (Å²) in [6.45, 7) is 0. The van der Waals surface area contributed by atoms with Gasteiger partial charge in [0.05, 0.1) is 0 Å². The zero-order valence-electron chi connectivity index (χ0n) is 8.25. The molecule has 0 amide bonds. The fourth-order valence-corrected chi connectivity index (χ4v) is 1.26. The van der Waals surface area contributed by atoms with Crippen molar-refractivity contribution in [3.63, 3.8) is 0 Å². The van der Waals surface area contributed by atoms with Gasteiger partial charge < -0.3 is 5.11 Å². The van der Waals surface area contributed by atoms with Gasteiger partial charge in [-0.2, -0.15) is 16.8 Å². The molecule has 100 valence electrons. The molecule has 1 aromatic carbocycles. The molecule has 0 saturated heterocycles. The maximum atomic E-state index is 10.4. The van der Waals surface area contributed by atoms with E-state index in [0.717, 1.165) is 6.07 Å². The molecule has 0 saturated carbocycles. The van der Waals surface area contributed by atoms with Crippen LogP contribution in [0.5, 0.6) is 5.75 Å². The van der Waals surface area contributed by atoms with Crippen LogP contribution in [0, 0.1) is 0 Å². The first-order valence-electron chi connectivity index (χ1n) is 3.47. The van der Waals surface area contributed by atoms with Gasteiger partial charge in [-0.15, -0.1) is 0 Å². The topological polar surface area (TPSA) is 149 Å². The Morgan fingerprint density at radius 1 is 0.889 bits per heavy atom. The molecular formula is C6H11AlO8S2Zn. The standard InChI is InChI=1S/C6H6O4S.Al.H2O4S.Zn.3H/c7-5-3-1-2-4-6(5)11(8,9)10;;1-5(2,3)4;;;;/h1-4,7H,(H,8,9,10);;(H2,1,2,3,4);;;;. The molecule has 12 heteroatoms. The Balaban J connectivity index is -0.000000282. The van der Waals surface area contributed by atoms with E-state index in [4.69, 9.17) is 27.2 Å². The van der Waals surface area contributed by atoms with E-state index in [1.807, 2.05) is 0 Å². The summed E-state index contributed by atoms with van der Waals surface area (Å²) in [5.41, 5.74) is 0. The van der Waals surface area contributed by atoms with Crippen LogP contribution in [0.3, 0.4) is 0 Å². The summed E-state index contributed by atoms with van der Waals surface area (Å²) in [6.07, 6.45) is 0. The van der Waals surface area contributed by atoms with E-state index >= 15 is 0 Å². The van der Waals surface area contributed by atoms with Crippen LogP contribution in [0.4, 0.5) is 0 Å². The van der Waals surface area contributed by atoms with Gasteiger partial charge in [-0.3, -0.25) is 13.7 Å². The summed E-state index contributed by atoms with van der Waals surface area (Å²) in [5, 5.41) is 8.91. The average Bonchev–Trinajstić information content (AvgIpc) is 1.99. The van der Waals surface area contributed by atoms with Crippen molar-refractivity contribution < 1.29 is 55.1 Å². The van der Waals surface area contributed by atoms with E-state index in [9.17, 15) is 8.42 Å². The summed E-state index contributed by atoms with van der Waals surface area (Å²) < 4.78 is 61.0. The second-order valence-electron chi connectivity index (χ2n) is 2.39. The van der Waals surface area contributed by atoms with E-state index in [0.29, 0.717) is 0 Å². The van der Waals surface area contributed by atoms with Gasteiger partial charge in [0.15, 0.2) is 17.4 Å². The van der Waals surface area contributed by atoms with Crippen molar-refractivity contribution in [3.05, 3.63) is 24.3 Å². The summed E-state index contributed by atoms with van der Waals surface area (Å²) in [4.78, 5) is -0.472. The van der Waals surface area contributed by atoms with E-state index in [-0.39, 0.29) is 36.8 Å². The molecule has 1 rings (SSSR count). The zero-order valence-corrected chi connectivity index (χ0v) is 12.9. The maximum absolute atomic E-state index is 10.4. The minimum atomic E-state index is -4.67. The van der Waals surface area contributed by atoms with E-state index in [1.165, 1.54) is 18.2 Å². The van der Waals surface area contributed by atoms with Crippen LogP contribution in [-0.4, -0.2) is 53.0 Å². The van der Waals surface area contributed by atoms with Crippen molar-refractivity contribution in [3.8, 4) is 5.75 Å². The molecule has 4 N–H and O–H groups in total. The fraction of sp³-hybridized carbons (Fsp3) is 0. The minimum Gasteiger partial charge on any atom is -0.506 e. The SMILES string of the molecule is O=S(=O)(O)O.O=S(=O)(O)c1ccccc1O.[AlH3].[Zn]. The number of phenols is 1. The van der Waals surface area contributed by atoms with Gasteiger partial charge in [0.1, 0.15) is 10.6 Å². The van der Waals surface area contributed by atoms with E-state index in [1.54, 1.807) is 0 Å². The van der Waals surface area contributed by atoms with Crippen LogP contribution in [-0.2, 0) is 40.0 Å². The van der Waals surface area contributed by atoms with Crippen LogP contribution < -0.4 is 0 Å². The molecule has 18 heavy (non-hydrogen) atoms. The fourth-order valence-electron chi connectivity index (χ4n) is 0.675.